The van der Waals surface area contributed by atoms with Gasteiger partial charge in [-0.15, -0.1) is 0 Å². The lowest BCUT2D eigenvalue weighted by atomic mass is 10.0. The van der Waals surface area contributed by atoms with Crippen LogP contribution in [0, 0.1) is 5.92 Å². The Labute approximate surface area is 138 Å². The van der Waals surface area contributed by atoms with Gasteiger partial charge in [0.2, 0.25) is 5.91 Å². The summed E-state index contributed by atoms with van der Waals surface area (Å²) in [5.41, 5.74) is 0. The summed E-state index contributed by atoms with van der Waals surface area (Å²) in [6.07, 6.45) is 3.18. The van der Waals surface area contributed by atoms with Crippen molar-refractivity contribution in [2.24, 2.45) is 5.92 Å². The third kappa shape index (κ3) is 4.73. The van der Waals surface area contributed by atoms with Gasteiger partial charge in [0, 0.05) is 12.5 Å². The molecule has 6 heteroatoms. The second-order valence-corrected chi connectivity index (χ2v) is 6.29. The minimum Gasteiger partial charge on any atom is -0.492 e. The SMILES string of the molecule is O=C(CCCOc1ccccc1Br)N[C@H]1CCC[C@H]1C(=O)O. The normalized spacial score (nSPS) is 20.6. The second-order valence-electron chi connectivity index (χ2n) is 5.43. The zero-order valence-corrected chi connectivity index (χ0v) is 13.8. The fourth-order valence-corrected chi connectivity index (χ4v) is 3.08. The molecule has 2 rings (SSSR count). The van der Waals surface area contributed by atoms with E-state index in [1.165, 1.54) is 0 Å². The van der Waals surface area contributed by atoms with E-state index in [-0.39, 0.29) is 11.9 Å². The molecule has 1 aromatic rings. The molecule has 1 fully saturated rings. The predicted octanol–water partition coefficient (Wildman–Crippen LogP) is 2.98. The molecule has 0 unspecified atom stereocenters. The maximum Gasteiger partial charge on any atom is 0.308 e. The van der Waals surface area contributed by atoms with Gasteiger partial charge in [0.15, 0.2) is 0 Å². The Morgan fingerprint density at radius 3 is 2.82 bits per heavy atom. The van der Waals surface area contributed by atoms with Gasteiger partial charge in [-0.3, -0.25) is 9.59 Å². The molecule has 1 aliphatic rings. The van der Waals surface area contributed by atoms with Crippen LogP contribution in [0.3, 0.4) is 0 Å². The number of carbonyl (C=O) groups is 2. The first kappa shape index (κ1) is 16.8. The van der Waals surface area contributed by atoms with E-state index in [1.54, 1.807) is 0 Å². The van der Waals surface area contributed by atoms with Crippen LogP contribution >= 0.6 is 15.9 Å². The van der Waals surface area contributed by atoms with Crippen molar-refractivity contribution in [3.05, 3.63) is 28.7 Å². The Balaban J connectivity index is 1.68. The van der Waals surface area contributed by atoms with Crippen LogP contribution in [0.15, 0.2) is 28.7 Å². The summed E-state index contributed by atoms with van der Waals surface area (Å²) in [4.78, 5) is 22.9. The van der Waals surface area contributed by atoms with Crippen molar-refractivity contribution in [2.75, 3.05) is 6.61 Å². The monoisotopic (exact) mass is 369 g/mol. The lowest BCUT2D eigenvalue weighted by Crippen LogP contribution is -2.40. The molecule has 22 heavy (non-hydrogen) atoms. The second kappa shape index (κ2) is 8.17. The molecule has 2 atom stereocenters. The van der Waals surface area contributed by atoms with Crippen LogP contribution in [-0.2, 0) is 9.59 Å². The molecule has 0 radical (unpaired) electrons. The molecule has 2 N–H and O–H groups in total. The van der Waals surface area contributed by atoms with Crippen LogP contribution in [0.1, 0.15) is 32.1 Å². The minimum absolute atomic E-state index is 0.103. The van der Waals surface area contributed by atoms with Crippen LogP contribution in [0.4, 0.5) is 0 Å². The highest BCUT2D eigenvalue weighted by Gasteiger charge is 2.33. The Morgan fingerprint density at radius 2 is 2.09 bits per heavy atom. The van der Waals surface area contributed by atoms with Gasteiger partial charge in [-0.1, -0.05) is 18.6 Å². The van der Waals surface area contributed by atoms with Crippen molar-refractivity contribution in [3.63, 3.8) is 0 Å². The summed E-state index contributed by atoms with van der Waals surface area (Å²) in [7, 11) is 0. The van der Waals surface area contributed by atoms with Gasteiger partial charge in [0.25, 0.3) is 0 Å². The highest BCUT2D eigenvalue weighted by molar-refractivity contribution is 9.10. The van der Waals surface area contributed by atoms with Crippen molar-refractivity contribution in [1.82, 2.24) is 5.32 Å². The molecule has 0 saturated heterocycles. The molecule has 5 nitrogen and oxygen atoms in total. The van der Waals surface area contributed by atoms with Gasteiger partial charge in [-0.05, 0) is 47.3 Å². The van der Waals surface area contributed by atoms with E-state index in [2.05, 4.69) is 21.2 Å². The summed E-state index contributed by atoms with van der Waals surface area (Å²) in [6.45, 7) is 0.447. The van der Waals surface area contributed by atoms with E-state index in [0.29, 0.717) is 25.9 Å². The minimum atomic E-state index is -0.819. The van der Waals surface area contributed by atoms with Crippen LogP contribution in [-0.4, -0.2) is 29.6 Å². The molecule has 0 bridgehead atoms. The lowest BCUT2D eigenvalue weighted by Gasteiger charge is -2.17. The first-order chi connectivity index (χ1) is 10.6. The molecule has 120 valence electrons. The molecule has 0 aliphatic heterocycles. The third-order valence-electron chi connectivity index (χ3n) is 3.82. The van der Waals surface area contributed by atoms with Crippen LogP contribution in [0.2, 0.25) is 0 Å². The Morgan fingerprint density at radius 1 is 1.32 bits per heavy atom. The van der Waals surface area contributed by atoms with Crippen LogP contribution in [0.25, 0.3) is 0 Å². The Hall–Kier alpha value is -1.56. The van der Waals surface area contributed by atoms with E-state index >= 15 is 0 Å². The topological polar surface area (TPSA) is 75.6 Å². The number of ether oxygens (including phenoxy) is 1. The van der Waals surface area contributed by atoms with E-state index in [0.717, 1.165) is 23.1 Å². The van der Waals surface area contributed by atoms with Gasteiger partial charge in [-0.25, -0.2) is 0 Å². The zero-order chi connectivity index (χ0) is 15.9. The van der Waals surface area contributed by atoms with Gasteiger partial charge in [0.1, 0.15) is 5.75 Å². The first-order valence-corrected chi connectivity index (χ1v) is 8.26. The lowest BCUT2D eigenvalue weighted by molar-refractivity contribution is -0.142. The zero-order valence-electron chi connectivity index (χ0n) is 12.3. The first-order valence-electron chi connectivity index (χ1n) is 7.47. The molecule has 0 heterocycles. The van der Waals surface area contributed by atoms with E-state index < -0.39 is 11.9 Å². The van der Waals surface area contributed by atoms with Gasteiger partial charge in [-0.2, -0.15) is 0 Å². The average Bonchev–Trinajstić information content (AvgIpc) is 2.93. The number of halogens is 1. The van der Waals surface area contributed by atoms with Gasteiger partial charge >= 0.3 is 5.97 Å². The fraction of sp³-hybridized carbons (Fsp3) is 0.500. The number of hydrogen-bond donors (Lipinski definition) is 2. The molecule has 1 aromatic carbocycles. The number of nitrogens with one attached hydrogen (secondary N) is 1. The summed E-state index contributed by atoms with van der Waals surface area (Å²) < 4.78 is 6.48. The number of aliphatic carboxylic acids is 1. The predicted molar refractivity (Wildman–Crippen MR) is 85.8 cm³/mol. The van der Waals surface area contributed by atoms with Crippen LogP contribution in [0.5, 0.6) is 5.75 Å². The van der Waals surface area contributed by atoms with Crippen molar-refractivity contribution >= 4 is 27.8 Å². The van der Waals surface area contributed by atoms with Crippen molar-refractivity contribution in [1.29, 1.82) is 0 Å². The molecule has 0 spiro atoms. The smallest absolute Gasteiger partial charge is 0.308 e. The molecule has 1 saturated carbocycles. The number of benzene rings is 1. The Kier molecular flexibility index (Phi) is 6.24. The van der Waals surface area contributed by atoms with Crippen molar-refractivity contribution in [3.8, 4) is 5.75 Å². The molecular weight excluding hydrogens is 350 g/mol. The van der Waals surface area contributed by atoms with Gasteiger partial charge < -0.3 is 15.2 Å². The number of carboxylic acids is 1. The Bertz CT molecular complexity index is 535. The quantitative estimate of drug-likeness (QED) is 0.724. The molecular formula is C16H20BrNO4. The third-order valence-corrected chi connectivity index (χ3v) is 4.48. The number of carbonyl (C=O) groups excluding carboxylic acids is 1. The number of hydrogen-bond acceptors (Lipinski definition) is 3. The van der Waals surface area contributed by atoms with E-state index in [4.69, 9.17) is 9.84 Å². The largest absolute Gasteiger partial charge is 0.492 e. The molecule has 1 amide bonds. The maximum atomic E-state index is 11.9. The number of rotatable bonds is 7. The number of carboxylic acid groups (broad SMARTS) is 1. The highest BCUT2D eigenvalue weighted by atomic mass is 79.9. The van der Waals surface area contributed by atoms with Crippen molar-refractivity contribution in [2.45, 2.75) is 38.1 Å². The molecule has 1 aliphatic carbocycles. The average molecular weight is 370 g/mol. The summed E-state index contributed by atoms with van der Waals surface area (Å²) in [5, 5.41) is 11.9. The van der Waals surface area contributed by atoms with E-state index in [9.17, 15) is 9.59 Å². The summed E-state index contributed by atoms with van der Waals surface area (Å²) >= 11 is 3.40. The molecule has 0 aromatic heterocycles. The maximum absolute atomic E-state index is 11.9. The van der Waals surface area contributed by atoms with Gasteiger partial charge in [0.05, 0.1) is 17.0 Å². The van der Waals surface area contributed by atoms with Crippen molar-refractivity contribution < 1.29 is 19.4 Å². The number of para-hydroxylation sites is 1. The fourth-order valence-electron chi connectivity index (χ4n) is 2.68. The summed E-state index contributed by atoms with van der Waals surface area (Å²) in [5.74, 6) is -0.612. The number of amides is 1. The highest BCUT2D eigenvalue weighted by Crippen LogP contribution is 2.26. The van der Waals surface area contributed by atoms with E-state index in [1.807, 2.05) is 24.3 Å². The summed E-state index contributed by atoms with van der Waals surface area (Å²) in [6, 6.07) is 7.33. The standard InChI is InChI=1S/C16H20BrNO4/c17-12-6-1-2-8-14(12)22-10-4-9-15(19)18-13-7-3-5-11(13)16(20)21/h1-2,6,8,11,13H,3-5,7,9-10H2,(H,18,19)(H,20,21)/t11-,13+/m1/s1. The van der Waals surface area contributed by atoms with Crippen LogP contribution < -0.4 is 10.1 Å².